The van der Waals surface area contributed by atoms with Crippen LogP contribution in [0.3, 0.4) is 0 Å². The third-order valence-corrected chi connectivity index (χ3v) is 6.17. The Morgan fingerprint density at radius 1 is 1.21 bits per heavy atom. The fraction of sp³-hybridized carbons (Fsp3) is 0.318. The van der Waals surface area contributed by atoms with E-state index in [2.05, 4.69) is 24.4 Å². The van der Waals surface area contributed by atoms with Gasteiger partial charge in [0.05, 0.1) is 11.3 Å². The molecule has 1 aliphatic rings. The van der Waals surface area contributed by atoms with E-state index in [0.29, 0.717) is 30.2 Å². The average Bonchev–Trinajstić information content (AvgIpc) is 3.08. The van der Waals surface area contributed by atoms with Gasteiger partial charge in [-0.2, -0.15) is 8.42 Å². The van der Waals surface area contributed by atoms with E-state index in [1.165, 1.54) is 0 Å². The first kappa shape index (κ1) is 22.7. The number of imidazole rings is 1. The normalized spacial score (nSPS) is 14.8. The molecule has 3 aromatic rings. The Hall–Kier alpha value is -3.44. The Kier molecular flexibility index (Phi) is 5.85. The topological polar surface area (TPSA) is 137 Å². The van der Waals surface area contributed by atoms with E-state index in [0.717, 1.165) is 22.9 Å². The number of amidine groups is 1. The number of ether oxygens (including phenoxy) is 1. The largest absolute Gasteiger partial charge is 0.491 e. The van der Waals surface area contributed by atoms with Crippen LogP contribution in [0.2, 0.25) is 0 Å². The number of aromatic nitrogens is 3. The second kappa shape index (κ2) is 8.49. The van der Waals surface area contributed by atoms with Gasteiger partial charge in [0.25, 0.3) is 0 Å². The Morgan fingerprint density at radius 2 is 2.00 bits per heavy atom. The minimum Gasteiger partial charge on any atom is -0.491 e. The Morgan fingerprint density at radius 3 is 2.73 bits per heavy atom. The Bertz CT molecular complexity index is 1310. The summed E-state index contributed by atoms with van der Waals surface area (Å²) in [5, 5.41) is 3.50. The smallest absolute Gasteiger partial charge is 0.344 e. The average molecular weight is 470 g/mol. The lowest BCUT2D eigenvalue weighted by Crippen LogP contribution is -2.44. The van der Waals surface area contributed by atoms with E-state index in [9.17, 15) is 8.42 Å². The Balaban J connectivity index is 1.44. The van der Waals surface area contributed by atoms with Gasteiger partial charge in [0.15, 0.2) is 5.84 Å². The lowest BCUT2D eigenvalue weighted by molar-refractivity contribution is 0.207. The van der Waals surface area contributed by atoms with E-state index in [1.807, 2.05) is 50.6 Å². The summed E-state index contributed by atoms with van der Waals surface area (Å²) in [5.41, 5.74) is 8.38. The van der Waals surface area contributed by atoms with E-state index in [4.69, 9.17) is 10.5 Å². The summed E-state index contributed by atoms with van der Waals surface area (Å²) in [6.07, 6.45) is 3.61. The van der Waals surface area contributed by atoms with Crippen molar-refractivity contribution in [2.75, 3.05) is 11.3 Å². The third-order valence-electron chi connectivity index (χ3n) is 5.25. The van der Waals surface area contributed by atoms with Gasteiger partial charge in [-0.3, -0.25) is 9.29 Å². The van der Waals surface area contributed by atoms with Crippen LogP contribution in [0.1, 0.15) is 36.5 Å². The molecule has 174 valence electrons. The van der Waals surface area contributed by atoms with Crippen LogP contribution in [0, 0.1) is 13.8 Å². The van der Waals surface area contributed by atoms with Gasteiger partial charge in [-0.15, -0.1) is 4.40 Å². The van der Waals surface area contributed by atoms with E-state index in [-0.39, 0.29) is 5.84 Å². The molecule has 0 radical (unpaired) electrons. The molecule has 1 aliphatic heterocycles. The molecule has 33 heavy (non-hydrogen) atoms. The molecule has 4 N–H and O–H groups in total. The summed E-state index contributed by atoms with van der Waals surface area (Å²) in [6.45, 7) is 8.92. The maximum atomic E-state index is 11.8. The third kappa shape index (κ3) is 4.99. The minimum absolute atomic E-state index is 0.0977. The first-order chi connectivity index (χ1) is 15.5. The van der Waals surface area contributed by atoms with Crippen molar-refractivity contribution < 1.29 is 13.2 Å². The first-order valence-corrected chi connectivity index (χ1v) is 11.8. The molecule has 0 unspecified atom stereocenters. The predicted octanol–water partition coefficient (Wildman–Crippen LogP) is 2.21. The maximum Gasteiger partial charge on any atom is 0.344 e. The van der Waals surface area contributed by atoms with Gasteiger partial charge in [-0.25, -0.2) is 9.97 Å². The van der Waals surface area contributed by atoms with E-state index < -0.39 is 15.7 Å². The number of anilines is 1. The van der Waals surface area contributed by atoms with Crippen molar-refractivity contribution in [1.29, 1.82) is 0 Å². The highest BCUT2D eigenvalue weighted by atomic mass is 32.2. The molecular formula is C22H27N7O3S. The van der Waals surface area contributed by atoms with Gasteiger partial charge in [-0.1, -0.05) is 6.07 Å². The lowest BCUT2D eigenvalue weighted by atomic mass is 10.1. The fourth-order valence-corrected chi connectivity index (χ4v) is 4.43. The minimum atomic E-state index is -3.84. The summed E-state index contributed by atoms with van der Waals surface area (Å²) in [6, 6.07) is 9.06. The van der Waals surface area contributed by atoms with Crippen molar-refractivity contribution in [3.8, 4) is 11.6 Å². The molecule has 0 amide bonds. The second-order valence-electron chi connectivity index (χ2n) is 8.56. The number of rotatable bonds is 7. The summed E-state index contributed by atoms with van der Waals surface area (Å²) < 4.78 is 37.5. The van der Waals surface area contributed by atoms with Gasteiger partial charge in [0, 0.05) is 30.2 Å². The van der Waals surface area contributed by atoms with Crippen LogP contribution in [-0.2, 0) is 16.8 Å². The molecule has 0 spiro atoms. The van der Waals surface area contributed by atoms with Crippen LogP contribution in [0.25, 0.3) is 5.82 Å². The van der Waals surface area contributed by atoms with Crippen molar-refractivity contribution in [1.82, 2.24) is 19.9 Å². The zero-order valence-electron chi connectivity index (χ0n) is 19.0. The number of fused-ring (bicyclic) bond motifs is 1. The molecule has 4 rings (SSSR count). The molecule has 11 heteroatoms. The molecule has 1 aromatic carbocycles. The van der Waals surface area contributed by atoms with Gasteiger partial charge < -0.3 is 15.8 Å². The van der Waals surface area contributed by atoms with Gasteiger partial charge in [0.2, 0.25) is 0 Å². The van der Waals surface area contributed by atoms with Crippen LogP contribution >= 0.6 is 0 Å². The molecule has 0 atom stereocenters. The number of benzene rings is 1. The number of nitrogens with zero attached hydrogens (tertiary/aromatic N) is 4. The van der Waals surface area contributed by atoms with E-state index >= 15 is 0 Å². The van der Waals surface area contributed by atoms with Gasteiger partial charge in [0.1, 0.15) is 24.0 Å². The highest BCUT2D eigenvalue weighted by Crippen LogP contribution is 2.31. The number of hydrogen-bond acceptors (Lipinski definition) is 7. The second-order valence-corrected chi connectivity index (χ2v) is 9.90. The molecule has 3 heterocycles. The highest BCUT2D eigenvalue weighted by Gasteiger charge is 2.26. The maximum absolute atomic E-state index is 11.8. The zero-order chi connectivity index (χ0) is 23.8. The molecule has 10 nitrogen and oxygen atoms in total. The van der Waals surface area contributed by atoms with Crippen molar-refractivity contribution in [2.24, 2.45) is 10.1 Å². The summed E-state index contributed by atoms with van der Waals surface area (Å²) in [5.74, 6) is 2.07. The zero-order valence-corrected chi connectivity index (χ0v) is 19.8. The quantitative estimate of drug-likeness (QED) is 0.482. The number of pyridine rings is 1. The van der Waals surface area contributed by atoms with Crippen molar-refractivity contribution in [2.45, 2.75) is 39.8 Å². The van der Waals surface area contributed by atoms with E-state index in [1.54, 1.807) is 24.4 Å². The molecule has 0 fully saturated rings. The number of nitrogens with one attached hydrogen (secondary N) is 2. The van der Waals surface area contributed by atoms with Crippen LogP contribution < -0.4 is 20.5 Å². The standard InChI is InChI=1S/C22H27N7O3S/c1-14-11-25-15(2)29(14)19-10-16(8-9-24-19)12-26-22(3,4)13-32-18-7-5-6-17-20(18)21(23)28-33(30,31)27-17/h5-11,26-27H,12-13H2,1-4H3,(H2,23,28). The number of hydrogen-bond donors (Lipinski definition) is 3. The SMILES string of the molecule is Cc1cnc(C)n1-c1cc(CNC(C)(C)COc2cccc3c2C(N)=NS(=O)(=O)N3)ccn1. The van der Waals surface area contributed by atoms with Crippen molar-refractivity contribution in [3.05, 3.63) is 65.4 Å². The highest BCUT2D eigenvalue weighted by molar-refractivity contribution is 7.91. The lowest BCUT2D eigenvalue weighted by Gasteiger charge is -2.28. The fourth-order valence-electron chi connectivity index (χ4n) is 3.58. The molecule has 0 saturated carbocycles. The molecule has 0 aliphatic carbocycles. The molecule has 0 saturated heterocycles. The predicted molar refractivity (Wildman–Crippen MR) is 127 cm³/mol. The van der Waals surface area contributed by atoms with Crippen molar-refractivity contribution >= 4 is 21.7 Å². The molecule has 2 aromatic heterocycles. The summed E-state index contributed by atoms with van der Waals surface area (Å²) in [7, 11) is -3.84. The number of nitrogens with two attached hydrogens (primary N) is 1. The Labute approximate surface area is 193 Å². The monoisotopic (exact) mass is 469 g/mol. The van der Waals surface area contributed by atoms with Crippen LogP contribution in [0.5, 0.6) is 5.75 Å². The van der Waals surface area contributed by atoms with Crippen LogP contribution in [0.4, 0.5) is 5.69 Å². The van der Waals surface area contributed by atoms with Crippen LogP contribution in [0.15, 0.2) is 47.1 Å². The van der Waals surface area contributed by atoms with Gasteiger partial charge in [-0.05, 0) is 57.5 Å². The number of aryl methyl sites for hydroxylation is 2. The van der Waals surface area contributed by atoms with Crippen LogP contribution in [-0.4, -0.2) is 40.9 Å². The summed E-state index contributed by atoms with van der Waals surface area (Å²) >= 11 is 0. The molecule has 0 bridgehead atoms. The first-order valence-electron chi connectivity index (χ1n) is 10.4. The van der Waals surface area contributed by atoms with Gasteiger partial charge >= 0.3 is 10.2 Å². The van der Waals surface area contributed by atoms with Crippen molar-refractivity contribution in [3.63, 3.8) is 0 Å². The summed E-state index contributed by atoms with van der Waals surface area (Å²) in [4.78, 5) is 8.82. The molecular weight excluding hydrogens is 442 g/mol.